The standard InChI is InChI=1S/C13H15ClN2O2S2/c1-2-20(17,18)13-9-19-6-5-16(13)12-4-3-10(8-15)7-11(12)14/h3-4,7,13H,2,5-6,9H2,1H3. The second-order valence-electron chi connectivity index (χ2n) is 4.45. The van der Waals surface area contributed by atoms with Gasteiger partial charge in [0.05, 0.1) is 22.3 Å². The van der Waals surface area contributed by atoms with Crippen LogP contribution in [0.4, 0.5) is 5.69 Å². The van der Waals surface area contributed by atoms with Crippen LogP contribution in [0.15, 0.2) is 18.2 Å². The molecule has 1 atom stereocenters. The largest absolute Gasteiger partial charge is 0.352 e. The number of nitriles is 1. The zero-order valence-electron chi connectivity index (χ0n) is 11.0. The summed E-state index contributed by atoms with van der Waals surface area (Å²) in [5.41, 5.74) is 1.16. The smallest absolute Gasteiger partial charge is 0.171 e. The zero-order chi connectivity index (χ0) is 14.8. The number of hydrogen-bond acceptors (Lipinski definition) is 5. The van der Waals surface area contributed by atoms with E-state index in [1.165, 1.54) is 0 Å². The van der Waals surface area contributed by atoms with Crippen LogP contribution in [-0.4, -0.2) is 37.6 Å². The van der Waals surface area contributed by atoms with Gasteiger partial charge in [-0.3, -0.25) is 0 Å². The van der Waals surface area contributed by atoms with Crippen molar-refractivity contribution in [3.63, 3.8) is 0 Å². The average Bonchev–Trinajstić information content (AvgIpc) is 2.47. The molecule has 1 aromatic carbocycles. The molecule has 0 spiro atoms. The lowest BCUT2D eigenvalue weighted by molar-refractivity contribution is 0.579. The van der Waals surface area contributed by atoms with Gasteiger partial charge in [0.2, 0.25) is 0 Å². The molecule has 7 heteroatoms. The normalized spacial score (nSPS) is 19.6. The highest BCUT2D eigenvalue weighted by Gasteiger charge is 2.33. The number of rotatable bonds is 3. The maximum Gasteiger partial charge on any atom is 0.171 e. The molecule has 4 nitrogen and oxygen atoms in total. The van der Waals surface area contributed by atoms with E-state index >= 15 is 0 Å². The van der Waals surface area contributed by atoms with Crippen LogP contribution >= 0.6 is 23.4 Å². The summed E-state index contributed by atoms with van der Waals surface area (Å²) in [4.78, 5) is 1.85. The summed E-state index contributed by atoms with van der Waals surface area (Å²) in [6.07, 6.45) is 0. The minimum absolute atomic E-state index is 0.114. The van der Waals surface area contributed by atoms with Crippen LogP contribution in [0.25, 0.3) is 0 Å². The molecule has 0 amide bonds. The Morgan fingerprint density at radius 2 is 2.30 bits per heavy atom. The molecule has 108 valence electrons. The third-order valence-electron chi connectivity index (χ3n) is 3.29. The van der Waals surface area contributed by atoms with Crippen molar-refractivity contribution in [3.05, 3.63) is 28.8 Å². The molecule has 1 aliphatic rings. The Kier molecular flexibility index (Phi) is 4.84. The third-order valence-corrected chi connectivity index (χ3v) is 6.88. The second-order valence-corrected chi connectivity index (χ2v) is 8.46. The lowest BCUT2D eigenvalue weighted by Gasteiger charge is -2.37. The Morgan fingerprint density at radius 1 is 1.55 bits per heavy atom. The van der Waals surface area contributed by atoms with Gasteiger partial charge in [0.15, 0.2) is 9.84 Å². The molecule has 1 fully saturated rings. The fraction of sp³-hybridized carbons (Fsp3) is 0.462. The van der Waals surface area contributed by atoms with E-state index in [1.807, 2.05) is 11.0 Å². The third kappa shape index (κ3) is 3.05. The average molecular weight is 331 g/mol. The summed E-state index contributed by atoms with van der Waals surface area (Å²) in [6, 6.07) is 7.00. The topological polar surface area (TPSA) is 61.2 Å². The first-order valence-corrected chi connectivity index (χ1v) is 9.50. The van der Waals surface area contributed by atoms with Crippen molar-refractivity contribution in [3.8, 4) is 6.07 Å². The van der Waals surface area contributed by atoms with E-state index in [9.17, 15) is 8.42 Å². The van der Waals surface area contributed by atoms with E-state index in [0.29, 0.717) is 28.6 Å². The molecule has 1 unspecified atom stereocenters. The minimum atomic E-state index is -3.17. The van der Waals surface area contributed by atoms with Crippen molar-refractivity contribution in [2.45, 2.75) is 12.3 Å². The molecule has 0 aromatic heterocycles. The molecule has 0 aliphatic carbocycles. The molecule has 1 saturated heterocycles. The van der Waals surface area contributed by atoms with E-state index in [0.717, 1.165) is 5.75 Å². The van der Waals surface area contributed by atoms with Crippen LogP contribution in [0.5, 0.6) is 0 Å². The van der Waals surface area contributed by atoms with Gasteiger partial charge in [-0.05, 0) is 18.2 Å². The first kappa shape index (κ1) is 15.5. The monoisotopic (exact) mass is 330 g/mol. The van der Waals surface area contributed by atoms with Crippen molar-refractivity contribution < 1.29 is 8.42 Å². The van der Waals surface area contributed by atoms with Crippen molar-refractivity contribution in [1.29, 1.82) is 5.26 Å². The van der Waals surface area contributed by atoms with Gasteiger partial charge < -0.3 is 4.90 Å². The van der Waals surface area contributed by atoms with Gasteiger partial charge in [0.25, 0.3) is 0 Å². The van der Waals surface area contributed by atoms with Gasteiger partial charge in [-0.1, -0.05) is 18.5 Å². The maximum atomic E-state index is 12.2. The lowest BCUT2D eigenvalue weighted by Crippen LogP contribution is -2.48. The van der Waals surface area contributed by atoms with E-state index in [2.05, 4.69) is 0 Å². The van der Waals surface area contributed by atoms with Crippen LogP contribution in [0, 0.1) is 11.3 Å². The fourth-order valence-corrected chi connectivity index (χ4v) is 5.43. The van der Waals surface area contributed by atoms with E-state index in [1.54, 1.807) is 36.9 Å². The van der Waals surface area contributed by atoms with Crippen LogP contribution in [0.3, 0.4) is 0 Å². The minimum Gasteiger partial charge on any atom is -0.352 e. The number of benzene rings is 1. The Hall–Kier alpha value is -0.900. The first-order chi connectivity index (χ1) is 9.49. The number of hydrogen-bond donors (Lipinski definition) is 0. The van der Waals surface area contributed by atoms with Crippen LogP contribution in [-0.2, 0) is 9.84 Å². The fourth-order valence-electron chi connectivity index (χ4n) is 2.16. The van der Waals surface area contributed by atoms with Gasteiger partial charge in [-0.15, -0.1) is 0 Å². The number of halogens is 1. The molecule has 0 bridgehead atoms. The quantitative estimate of drug-likeness (QED) is 0.852. The molecule has 1 aromatic rings. The number of anilines is 1. The Balaban J connectivity index is 2.41. The molecule has 0 N–H and O–H groups in total. The summed E-state index contributed by atoms with van der Waals surface area (Å²) in [7, 11) is -3.17. The molecule has 20 heavy (non-hydrogen) atoms. The molecule has 0 radical (unpaired) electrons. The van der Waals surface area contributed by atoms with Gasteiger partial charge in [-0.25, -0.2) is 8.42 Å². The summed E-state index contributed by atoms with van der Waals surface area (Å²) >= 11 is 7.85. The van der Waals surface area contributed by atoms with Gasteiger partial charge in [0, 0.05) is 23.8 Å². The van der Waals surface area contributed by atoms with E-state index < -0.39 is 15.2 Å². The maximum absolute atomic E-state index is 12.2. The van der Waals surface area contributed by atoms with Crippen LogP contribution in [0.2, 0.25) is 5.02 Å². The van der Waals surface area contributed by atoms with Gasteiger partial charge >= 0.3 is 0 Å². The van der Waals surface area contributed by atoms with E-state index in [4.69, 9.17) is 16.9 Å². The van der Waals surface area contributed by atoms with Crippen molar-refractivity contribution in [2.75, 3.05) is 28.7 Å². The van der Waals surface area contributed by atoms with E-state index in [-0.39, 0.29) is 5.75 Å². The van der Waals surface area contributed by atoms with Crippen molar-refractivity contribution in [2.24, 2.45) is 0 Å². The highest BCUT2D eigenvalue weighted by molar-refractivity contribution is 8.01. The second kappa shape index (κ2) is 6.25. The van der Waals surface area contributed by atoms with Crippen molar-refractivity contribution in [1.82, 2.24) is 0 Å². The summed E-state index contributed by atoms with van der Waals surface area (Å²) in [5, 5.41) is 8.74. The molecule has 1 aliphatic heterocycles. The van der Waals surface area contributed by atoms with Crippen LogP contribution in [0.1, 0.15) is 12.5 Å². The molecular formula is C13H15ClN2O2S2. The Bertz CT molecular complexity index is 640. The lowest BCUT2D eigenvalue weighted by atomic mass is 10.2. The zero-order valence-corrected chi connectivity index (χ0v) is 13.4. The molecule has 2 rings (SSSR count). The number of sulfone groups is 1. The molecule has 1 heterocycles. The number of nitrogens with zero attached hydrogens (tertiary/aromatic N) is 2. The Morgan fingerprint density at radius 3 is 2.90 bits per heavy atom. The summed E-state index contributed by atoms with van der Waals surface area (Å²) in [6.45, 7) is 2.30. The first-order valence-electron chi connectivity index (χ1n) is 6.25. The summed E-state index contributed by atoms with van der Waals surface area (Å²) in [5.74, 6) is 1.53. The summed E-state index contributed by atoms with van der Waals surface area (Å²) < 4.78 is 24.4. The highest BCUT2D eigenvalue weighted by atomic mass is 35.5. The SMILES string of the molecule is CCS(=O)(=O)C1CSCCN1c1ccc(C#N)cc1Cl. The highest BCUT2D eigenvalue weighted by Crippen LogP contribution is 2.33. The van der Waals surface area contributed by atoms with Crippen LogP contribution < -0.4 is 4.90 Å². The molecule has 0 saturated carbocycles. The predicted molar refractivity (Wildman–Crippen MR) is 84.1 cm³/mol. The van der Waals surface area contributed by atoms with Gasteiger partial charge in [-0.2, -0.15) is 17.0 Å². The number of thioether (sulfide) groups is 1. The Labute approximate surface area is 128 Å². The predicted octanol–water partition coefficient (Wildman–Crippen LogP) is 2.53. The molecular weight excluding hydrogens is 316 g/mol. The van der Waals surface area contributed by atoms with Gasteiger partial charge in [0.1, 0.15) is 5.37 Å². The van der Waals surface area contributed by atoms with Crippen molar-refractivity contribution >= 4 is 38.9 Å².